The Hall–Kier alpha value is -2.86. The Bertz CT molecular complexity index is 796. The number of urea groups is 1. The molecule has 0 radical (unpaired) electrons. The maximum Gasteiger partial charge on any atom is 0.312 e. The van der Waals surface area contributed by atoms with Gasteiger partial charge in [0.05, 0.1) is 0 Å². The lowest BCUT2D eigenvalue weighted by atomic mass is 10.1. The predicted molar refractivity (Wildman–Crippen MR) is 105 cm³/mol. The molecule has 3 N–H and O–H groups in total. The topological polar surface area (TPSA) is 78.7 Å². The quantitative estimate of drug-likeness (QED) is 0.851. The van der Waals surface area contributed by atoms with E-state index in [0.29, 0.717) is 12.1 Å². The van der Waals surface area contributed by atoms with Crippen molar-refractivity contribution >= 4 is 11.9 Å². The van der Waals surface area contributed by atoms with Crippen molar-refractivity contribution in [3.05, 3.63) is 70.8 Å². The van der Waals surface area contributed by atoms with Crippen LogP contribution in [0.5, 0.6) is 0 Å². The smallest absolute Gasteiger partial charge is 0.312 e. The van der Waals surface area contributed by atoms with E-state index in [9.17, 15) is 9.59 Å². The van der Waals surface area contributed by atoms with E-state index < -0.39 is 6.03 Å². The number of benzene rings is 2. The molecule has 3 rings (SSSR count). The van der Waals surface area contributed by atoms with Gasteiger partial charge in [0.2, 0.25) is 0 Å². The van der Waals surface area contributed by atoms with Crippen LogP contribution in [0.15, 0.2) is 48.5 Å². The lowest BCUT2D eigenvalue weighted by Gasteiger charge is -2.35. The first-order valence-electron chi connectivity index (χ1n) is 9.21. The van der Waals surface area contributed by atoms with Crippen molar-refractivity contribution in [2.24, 2.45) is 5.73 Å². The Kier molecular flexibility index (Phi) is 6.08. The molecule has 0 atom stereocenters. The number of carbonyl (C=O) groups excluding carboxylic acids is 2. The van der Waals surface area contributed by atoms with Gasteiger partial charge in [0.15, 0.2) is 0 Å². The molecular formula is C21H26N4O2. The highest BCUT2D eigenvalue weighted by Crippen LogP contribution is 2.14. The molecule has 0 spiro atoms. The molecular weight excluding hydrogens is 340 g/mol. The molecule has 0 bridgehead atoms. The molecule has 0 aliphatic carbocycles. The number of rotatable bonds is 5. The van der Waals surface area contributed by atoms with E-state index in [0.717, 1.165) is 38.3 Å². The second-order valence-electron chi connectivity index (χ2n) is 6.91. The monoisotopic (exact) mass is 366 g/mol. The molecule has 2 aromatic rings. The summed E-state index contributed by atoms with van der Waals surface area (Å²) in [4.78, 5) is 27.8. The van der Waals surface area contributed by atoms with Gasteiger partial charge in [-0.05, 0) is 35.7 Å². The van der Waals surface area contributed by atoms with Gasteiger partial charge >= 0.3 is 6.03 Å². The van der Waals surface area contributed by atoms with E-state index in [-0.39, 0.29) is 5.91 Å². The summed E-state index contributed by atoms with van der Waals surface area (Å²) in [7, 11) is 0. The normalized spacial score (nSPS) is 14.8. The molecule has 1 heterocycles. The van der Waals surface area contributed by atoms with Crippen molar-refractivity contribution in [3.8, 4) is 0 Å². The predicted octanol–water partition coefficient (Wildman–Crippen LogP) is 2.12. The molecule has 2 aromatic carbocycles. The van der Waals surface area contributed by atoms with Gasteiger partial charge in [0.25, 0.3) is 5.91 Å². The fourth-order valence-electron chi connectivity index (χ4n) is 3.27. The Morgan fingerprint density at radius 2 is 1.67 bits per heavy atom. The number of aryl methyl sites for hydroxylation is 1. The van der Waals surface area contributed by atoms with Crippen molar-refractivity contribution in [1.82, 2.24) is 15.1 Å². The fraction of sp³-hybridized carbons (Fsp3) is 0.333. The second kappa shape index (κ2) is 8.68. The summed E-state index contributed by atoms with van der Waals surface area (Å²) in [6, 6.07) is 15.2. The molecule has 1 fully saturated rings. The highest BCUT2D eigenvalue weighted by Gasteiger charge is 2.22. The van der Waals surface area contributed by atoms with Crippen LogP contribution in [-0.2, 0) is 13.1 Å². The number of carbonyl (C=O) groups is 2. The first-order chi connectivity index (χ1) is 13.0. The second-order valence-corrected chi connectivity index (χ2v) is 6.91. The fourth-order valence-corrected chi connectivity index (χ4v) is 3.27. The van der Waals surface area contributed by atoms with Gasteiger partial charge in [-0.25, -0.2) is 4.79 Å². The van der Waals surface area contributed by atoms with Crippen LogP contribution in [0.4, 0.5) is 4.79 Å². The lowest BCUT2D eigenvalue weighted by molar-refractivity contribution is 0.0628. The third-order valence-corrected chi connectivity index (χ3v) is 4.98. The van der Waals surface area contributed by atoms with Gasteiger partial charge in [0.1, 0.15) is 0 Å². The Morgan fingerprint density at radius 1 is 1.00 bits per heavy atom. The summed E-state index contributed by atoms with van der Waals surface area (Å²) < 4.78 is 0. The van der Waals surface area contributed by atoms with Gasteiger partial charge in [0, 0.05) is 44.8 Å². The average molecular weight is 366 g/mol. The zero-order chi connectivity index (χ0) is 19.2. The van der Waals surface area contributed by atoms with Crippen LogP contribution in [0, 0.1) is 6.92 Å². The molecule has 1 aliphatic heterocycles. The zero-order valence-corrected chi connectivity index (χ0v) is 15.6. The van der Waals surface area contributed by atoms with E-state index in [1.807, 2.05) is 17.0 Å². The number of hydrogen-bond acceptors (Lipinski definition) is 3. The van der Waals surface area contributed by atoms with Crippen LogP contribution in [-0.4, -0.2) is 47.9 Å². The molecule has 6 heteroatoms. The Labute approximate surface area is 159 Å². The minimum Gasteiger partial charge on any atom is -0.352 e. The number of nitrogens with one attached hydrogen (secondary N) is 1. The third kappa shape index (κ3) is 5.08. The van der Waals surface area contributed by atoms with Crippen molar-refractivity contribution in [2.45, 2.75) is 20.0 Å². The number of nitrogens with zero attached hydrogens (tertiary/aromatic N) is 2. The van der Waals surface area contributed by atoms with Gasteiger partial charge in [-0.3, -0.25) is 9.69 Å². The van der Waals surface area contributed by atoms with E-state index in [1.54, 1.807) is 12.1 Å². The SMILES string of the molecule is Cc1ccccc1CN1CCN(C(=O)c2ccc(CNC(N)=O)cc2)CC1. The maximum atomic E-state index is 12.7. The first-order valence-corrected chi connectivity index (χ1v) is 9.21. The van der Waals surface area contributed by atoms with Crippen molar-refractivity contribution < 1.29 is 9.59 Å². The summed E-state index contributed by atoms with van der Waals surface area (Å²) in [5.41, 5.74) is 9.30. The summed E-state index contributed by atoms with van der Waals surface area (Å²) in [5.74, 6) is 0.0555. The minimum absolute atomic E-state index is 0.0555. The van der Waals surface area contributed by atoms with Gasteiger partial charge in [-0.1, -0.05) is 36.4 Å². The number of nitrogens with two attached hydrogens (primary N) is 1. The average Bonchev–Trinajstić information content (AvgIpc) is 2.68. The van der Waals surface area contributed by atoms with Gasteiger partial charge < -0.3 is 16.0 Å². The summed E-state index contributed by atoms with van der Waals surface area (Å²) in [6.07, 6.45) is 0. The number of amides is 3. The van der Waals surface area contributed by atoms with Crippen molar-refractivity contribution in [1.29, 1.82) is 0 Å². The van der Waals surface area contributed by atoms with E-state index in [4.69, 9.17) is 5.73 Å². The van der Waals surface area contributed by atoms with Gasteiger partial charge in [-0.15, -0.1) is 0 Å². The molecule has 3 amide bonds. The molecule has 0 saturated carbocycles. The van der Waals surface area contributed by atoms with Crippen LogP contribution >= 0.6 is 0 Å². The van der Waals surface area contributed by atoms with E-state index >= 15 is 0 Å². The maximum absolute atomic E-state index is 12.7. The first kappa shape index (κ1) is 18.9. The summed E-state index contributed by atoms with van der Waals surface area (Å²) in [6.45, 7) is 6.64. The minimum atomic E-state index is -0.557. The molecule has 1 aliphatic rings. The van der Waals surface area contributed by atoms with E-state index in [1.165, 1.54) is 11.1 Å². The van der Waals surface area contributed by atoms with E-state index in [2.05, 4.69) is 41.4 Å². The van der Waals surface area contributed by atoms with Crippen molar-refractivity contribution in [3.63, 3.8) is 0 Å². The molecule has 27 heavy (non-hydrogen) atoms. The molecule has 6 nitrogen and oxygen atoms in total. The molecule has 0 aromatic heterocycles. The van der Waals surface area contributed by atoms with Crippen molar-refractivity contribution in [2.75, 3.05) is 26.2 Å². The Morgan fingerprint density at radius 3 is 2.30 bits per heavy atom. The number of piperazine rings is 1. The highest BCUT2D eigenvalue weighted by atomic mass is 16.2. The molecule has 142 valence electrons. The highest BCUT2D eigenvalue weighted by molar-refractivity contribution is 5.94. The zero-order valence-electron chi connectivity index (χ0n) is 15.6. The molecule has 0 unspecified atom stereocenters. The molecule has 1 saturated heterocycles. The largest absolute Gasteiger partial charge is 0.352 e. The third-order valence-electron chi connectivity index (χ3n) is 4.98. The van der Waals surface area contributed by atoms with Crippen LogP contribution < -0.4 is 11.1 Å². The van der Waals surface area contributed by atoms with Crippen LogP contribution in [0.3, 0.4) is 0 Å². The van der Waals surface area contributed by atoms with Crippen LogP contribution in [0.25, 0.3) is 0 Å². The standard InChI is InChI=1S/C21H26N4O2/c1-16-4-2-3-5-19(16)15-24-10-12-25(13-11-24)20(26)18-8-6-17(7-9-18)14-23-21(22)27/h2-9H,10-15H2,1H3,(H3,22,23,27). The van der Waals surface area contributed by atoms with Gasteiger partial charge in [-0.2, -0.15) is 0 Å². The lowest BCUT2D eigenvalue weighted by Crippen LogP contribution is -2.48. The number of primary amides is 1. The summed E-state index contributed by atoms with van der Waals surface area (Å²) >= 11 is 0. The Balaban J connectivity index is 1.52. The summed E-state index contributed by atoms with van der Waals surface area (Å²) in [5, 5.41) is 2.54. The van der Waals surface area contributed by atoms with Crippen LogP contribution in [0.1, 0.15) is 27.0 Å². The number of hydrogen-bond donors (Lipinski definition) is 2. The van der Waals surface area contributed by atoms with Crippen LogP contribution in [0.2, 0.25) is 0 Å².